The quantitative estimate of drug-likeness (QED) is 0.791. The molecule has 0 spiro atoms. The number of pyridine rings is 1. The summed E-state index contributed by atoms with van der Waals surface area (Å²) in [5, 5.41) is 0. The molecule has 2 aromatic rings. The highest BCUT2D eigenvalue weighted by Crippen LogP contribution is 2.37. The van der Waals surface area contributed by atoms with Gasteiger partial charge in [0.1, 0.15) is 11.6 Å². The van der Waals surface area contributed by atoms with Crippen LogP contribution in [0.3, 0.4) is 0 Å². The topological polar surface area (TPSA) is 67.6 Å². The normalized spacial score (nSPS) is 19.6. The third-order valence-corrected chi connectivity index (χ3v) is 3.90. The van der Waals surface area contributed by atoms with Crippen LogP contribution in [0.4, 0.5) is 5.82 Å². The third kappa shape index (κ3) is 1.77. The van der Waals surface area contributed by atoms with Crippen LogP contribution < -0.4 is 5.73 Å². The number of aromatic amines is 1. The molecule has 0 unspecified atom stereocenters. The van der Waals surface area contributed by atoms with Gasteiger partial charge in [0.05, 0.1) is 5.52 Å². The molecule has 1 fully saturated rings. The standard InChI is InChI=1S/C13H18N4/c1-13(7-3-2-4-8-13)12-15-9-5-6-10(14)16-11(9)17-12/h5-6H,2-4,7-8H2,1H3,(H3,14,15,16,17). The maximum absolute atomic E-state index is 5.68. The van der Waals surface area contributed by atoms with Gasteiger partial charge in [-0.05, 0) is 25.0 Å². The number of aromatic nitrogens is 3. The van der Waals surface area contributed by atoms with E-state index in [-0.39, 0.29) is 5.41 Å². The summed E-state index contributed by atoms with van der Waals surface area (Å²) in [5.74, 6) is 1.61. The number of H-pyrrole nitrogens is 1. The average Bonchev–Trinajstić information content (AvgIpc) is 2.73. The number of hydrogen-bond donors (Lipinski definition) is 2. The van der Waals surface area contributed by atoms with Crippen molar-refractivity contribution in [2.24, 2.45) is 0 Å². The Morgan fingerprint density at radius 1 is 1.18 bits per heavy atom. The lowest BCUT2D eigenvalue weighted by atomic mass is 9.75. The van der Waals surface area contributed by atoms with E-state index in [1.165, 1.54) is 32.1 Å². The number of rotatable bonds is 1. The van der Waals surface area contributed by atoms with Crippen molar-refractivity contribution in [1.29, 1.82) is 0 Å². The smallest absolute Gasteiger partial charge is 0.179 e. The molecule has 4 nitrogen and oxygen atoms in total. The van der Waals surface area contributed by atoms with Crippen LogP contribution in [0.1, 0.15) is 44.9 Å². The summed E-state index contributed by atoms with van der Waals surface area (Å²) < 4.78 is 0. The van der Waals surface area contributed by atoms with Gasteiger partial charge in [-0.2, -0.15) is 0 Å². The zero-order valence-electron chi connectivity index (χ0n) is 10.2. The second-order valence-electron chi connectivity index (χ2n) is 5.31. The highest BCUT2D eigenvalue weighted by Gasteiger charge is 2.31. The molecule has 4 heteroatoms. The van der Waals surface area contributed by atoms with Crippen molar-refractivity contribution in [2.75, 3.05) is 5.73 Å². The molecule has 90 valence electrons. The zero-order valence-corrected chi connectivity index (χ0v) is 10.2. The average molecular weight is 230 g/mol. The number of nitrogens with one attached hydrogen (secondary N) is 1. The Hall–Kier alpha value is -1.58. The molecule has 1 aliphatic carbocycles. The Morgan fingerprint density at radius 2 is 1.94 bits per heavy atom. The summed E-state index contributed by atoms with van der Waals surface area (Å²) in [6.45, 7) is 2.30. The Labute approximate surface area is 101 Å². The number of nitrogens with two attached hydrogens (primary N) is 1. The van der Waals surface area contributed by atoms with Gasteiger partial charge < -0.3 is 10.7 Å². The highest BCUT2D eigenvalue weighted by molar-refractivity contribution is 5.72. The molecule has 2 heterocycles. The van der Waals surface area contributed by atoms with E-state index in [9.17, 15) is 0 Å². The molecule has 0 aliphatic heterocycles. The fourth-order valence-corrected chi connectivity index (χ4v) is 2.76. The van der Waals surface area contributed by atoms with E-state index in [2.05, 4.69) is 21.9 Å². The summed E-state index contributed by atoms with van der Waals surface area (Å²) >= 11 is 0. The molecule has 3 N–H and O–H groups in total. The van der Waals surface area contributed by atoms with E-state index in [1.807, 2.05) is 12.1 Å². The van der Waals surface area contributed by atoms with Gasteiger partial charge in [0, 0.05) is 5.41 Å². The van der Waals surface area contributed by atoms with Crippen molar-refractivity contribution in [3.05, 3.63) is 18.0 Å². The molecule has 2 aromatic heterocycles. The van der Waals surface area contributed by atoms with E-state index in [0.29, 0.717) is 5.82 Å². The predicted molar refractivity (Wildman–Crippen MR) is 68.7 cm³/mol. The van der Waals surface area contributed by atoms with Crippen LogP contribution in [-0.4, -0.2) is 15.0 Å². The first-order chi connectivity index (χ1) is 8.17. The van der Waals surface area contributed by atoms with Crippen molar-refractivity contribution in [2.45, 2.75) is 44.4 Å². The molecule has 0 amide bonds. The van der Waals surface area contributed by atoms with Gasteiger partial charge in [-0.25, -0.2) is 9.97 Å². The monoisotopic (exact) mass is 230 g/mol. The lowest BCUT2D eigenvalue weighted by molar-refractivity contribution is 0.306. The van der Waals surface area contributed by atoms with Gasteiger partial charge >= 0.3 is 0 Å². The lowest BCUT2D eigenvalue weighted by Gasteiger charge is -2.31. The zero-order chi connectivity index (χ0) is 11.9. The number of nitrogen functional groups attached to an aromatic ring is 1. The summed E-state index contributed by atoms with van der Waals surface area (Å²) in [4.78, 5) is 12.3. The van der Waals surface area contributed by atoms with Crippen LogP contribution in [-0.2, 0) is 5.41 Å². The predicted octanol–water partition coefficient (Wildman–Crippen LogP) is 2.76. The van der Waals surface area contributed by atoms with Gasteiger partial charge in [-0.3, -0.25) is 0 Å². The van der Waals surface area contributed by atoms with E-state index >= 15 is 0 Å². The Kier molecular flexibility index (Phi) is 2.31. The maximum atomic E-state index is 5.68. The lowest BCUT2D eigenvalue weighted by Crippen LogP contribution is -2.26. The van der Waals surface area contributed by atoms with Crippen molar-refractivity contribution < 1.29 is 0 Å². The molecular formula is C13H18N4. The molecule has 0 saturated heterocycles. The van der Waals surface area contributed by atoms with Crippen LogP contribution in [0.25, 0.3) is 11.2 Å². The summed E-state index contributed by atoms with van der Waals surface area (Å²) in [5.41, 5.74) is 7.60. The molecular weight excluding hydrogens is 212 g/mol. The van der Waals surface area contributed by atoms with Crippen LogP contribution in [0.15, 0.2) is 12.1 Å². The molecule has 1 aliphatic rings. The molecule has 0 radical (unpaired) electrons. The van der Waals surface area contributed by atoms with Crippen LogP contribution in [0.5, 0.6) is 0 Å². The van der Waals surface area contributed by atoms with Crippen molar-refractivity contribution in [3.8, 4) is 0 Å². The molecule has 1 saturated carbocycles. The van der Waals surface area contributed by atoms with E-state index in [0.717, 1.165) is 17.0 Å². The summed E-state index contributed by atoms with van der Waals surface area (Å²) in [6, 6.07) is 3.77. The molecule has 0 aromatic carbocycles. The highest BCUT2D eigenvalue weighted by atomic mass is 15.0. The number of anilines is 1. The Morgan fingerprint density at radius 3 is 2.71 bits per heavy atom. The van der Waals surface area contributed by atoms with E-state index in [1.54, 1.807) is 0 Å². The van der Waals surface area contributed by atoms with Gasteiger partial charge in [-0.15, -0.1) is 0 Å². The largest absolute Gasteiger partial charge is 0.384 e. The molecule has 17 heavy (non-hydrogen) atoms. The van der Waals surface area contributed by atoms with Gasteiger partial charge in [0.25, 0.3) is 0 Å². The molecule has 0 atom stereocenters. The maximum Gasteiger partial charge on any atom is 0.179 e. The van der Waals surface area contributed by atoms with E-state index in [4.69, 9.17) is 5.73 Å². The van der Waals surface area contributed by atoms with Gasteiger partial charge in [0.15, 0.2) is 5.65 Å². The number of nitrogens with zero attached hydrogens (tertiary/aromatic N) is 2. The van der Waals surface area contributed by atoms with Gasteiger partial charge in [0.2, 0.25) is 0 Å². The number of hydrogen-bond acceptors (Lipinski definition) is 3. The van der Waals surface area contributed by atoms with Crippen molar-refractivity contribution in [1.82, 2.24) is 15.0 Å². The minimum Gasteiger partial charge on any atom is -0.384 e. The second kappa shape index (κ2) is 3.72. The van der Waals surface area contributed by atoms with Crippen LogP contribution >= 0.6 is 0 Å². The summed E-state index contributed by atoms with van der Waals surface area (Å²) in [7, 11) is 0. The number of imidazole rings is 1. The second-order valence-corrected chi connectivity index (χ2v) is 5.31. The SMILES string of the molecule is CC1(c2nc3nc(N)ccc3[nH]2)CCCCC1. The first-order valence-corrected chi connectivity index (χ1v) is 6.30. The molecule has 3 rings (SSSR count). The number of fused-ring (bicyclic) bond motifs is 1. The van der Waals surface area contributed by atoms with Crippen LogP contribution in [0.2, 0.25) is 0 Å². The minimum absolute atomic E-state index is 0.188. The van der Waals surface area contributed by atoms with Crippen molar-refractivity contribution >= 4 is 17.0 Å². The minimum atomic E-state index is 0.188. The van der Waals surface area contributed by atoms with Crippen LogP contribution in [0, 0.1) is 0 Å². The Balaban J connectivity index is 2.05. The first-order valence-electron chi connectivity index (χ1n) is 6.30. The van der Waals surface area contributed by atoms with Gasteiger partial charge in [-0.1, -0.05) is 26.2 Å². The Bertz CT molecular complexity index is 537. The first kappa shape index (κ1) is 10.6. The fourth-order valence-electron chi connectivity index (χ4n) is 2.76. The van der Waals surface area contributed by atoms with Crippen molar-refractivity contribution in [3.63, 3.8) is 0 Å². The third-order valence-electron chi connectivity index (χ3n) is 3.90. The molecule has 0 bridgehead atoms. The van der Waals surface area contributed by atoms with E-state index < -0.39 is 0 Å². The summed E-state index contributed by atoms with van der Waals surface area (Å²) in [6.07, 6.45) is 6.36. The fraction of sp³-hybridized carbons (Fsp3) is 0.538.